The molecule has 0 spiro atoms. The quantitative estimate of drug-likeness (QED) is 0.641. The second-order valence-corrected chi connectivity index (χ2v) is 6.62. The van der Waals surface area contributed by atoms with E-state index in [2.05, 4.69) is 10.6 Å². The van der Waals surface area contributed by atoms with Crippen molar-refractivity contribution in [2.24, 2.45) is 0 Å². The summed E-state index contributed by atoms with van der Waals surface area (Å²) in [5.41, 5.74) is 0.925. The van der Waals surface area contributed by atoms with Crippen molar-refractivity contribution in [1.29, 1.82) is 0 Å². The van der Waals surface area contributed by atoms with E-state index >= 15 is 0 Å². The summed E-state index contributed by atoms with van der Waals surface area (Å²) < 4.78 is 28.7. The number of rotatable bonds is 10. The van der Waals surface area contributed by atoms with Crippen LogP contribution in [0.1, 0.15) is 13.3 Å². The third-order valence-corrected chi connectivity index (χ3v) is 4.74. The van der Waals surface area contributed by atoms with Crippen molar-refractivity contribution in [3.05, 3.63) is 24.3 Å². The molecule has 1 rings (SSSR count). The largest absolute Gasteiger partial charge is 0.384 e. The lowest BCUT2D eigenvalue weighted by atomic mass is 10.3. The minimum absolute atomic E-state index is 0.198. The molecule has 114 valence electrons. The second kappa shape index (κ2) is 8.94. The van der Waals surface area contributed by atoms with Gasteiger partial charge in [-0.3, -0.25) is 0 Å². The van der Waals surface area contributed by atoms with E-state index < -0.39 is 9.84 Å². The van der Waals surface area contributed by atoms with Gasteiger partial charge in [0.15, 0.2) is 9.84 Å². The monoisotopic (exact) mass is 300 g/mol. The van der Waals surface area contributed by atoms with E-state index in [0.717, 1.165) is 25.3 Å². The number of hydrogen-bond donors (Lipinski definition) is 2. The summed E-state index contributed by atoms with van der Waals surface area (Å²) in [6, 6.07) is 6.92. The zero-order chi connectivity index (χ0) is 14.8. The predicted octanol–water partition coefficient (Wildman–Crippen LogP) is 1.52. The minimum atomic E-state index is -3.12. The zero-order valence-corrected chi connectivity index (χ0v) is 13.0. The third kappa shape index (κ3) is 5.90. The number of hydrogen-bond acceptors (Lipinski definition) is 5. The van der Waals surface area contributed by atoms with Gasteiger partial charge in [0.1, 0.15) is 0 Å². The van der Waals surface area contributed by atoms with Gasteiger partial charge in [0.05, 0.1) is 17.3 Å². The summed E-state index contributed by atoms with van der Waals surface area (Å²) in [6.07, 6.45) is 0.634. The Balaban J connectivity index is 2.39. The van der Waals surface area contributed by atoms with Gasteiger partial charge in [0.2, 0.25) is 0 Å². The molecule has 6 heteroatoms. The summed E-state index contributed by atoms with van der Waals surface area (Å²) in [4.78, 5) is 0.392. The molecular weight excluding hydrogens is 276 g/mol. The van der Waals surface area contributed by atoms with Gasteiger partial charge < -0.3 is 15.4 Å². The Bertz CT molecular complexity index is 472. The molecule has 2 N–H and O–H groups in total. The van der Waals surface area contributed by atoms with Crippen molar-refractivity contribution >= 4 is 15.5 Å². The second-order valence-electron chi connectivity index (χ2n) is 4.51. The molecule has 5 nitrogen and oxygen atoms in total. The van der Waals surface area contributed by atoms with E-state index in [-0.39, 0.29) is 5.75 Å². The smallest absolute Gasteiger partial charge is 0.178 e. The molecule has 0 bridgehead atoms. The maximum atomic E-state index is 11.9. The van der Waals surface area contributed by atoms with Gasteiger partial charge in [-0.15, -0.1) is 0 Å². The minimum Gasteiger partial charge on any atom is -0.384 e. The van der Waals surface area contributed by atoms with Crippen molar-refractivity contribution in [2.75, 3.05) is 44.4 Å². The molecule has 0 saturated heterocycles. The molecule has 20 heavy (non-hydrogen) atoms. The molecule has 0 atom stereocenters. The average Bonchev–Trinajstić information content (AvgIpc) is 2.43. The zero-order valence-electron chi connectivity index (χ0n) is 12.2. The summed E-state index contributed by atoms with van der Waals surface area (Å²) in [7, 11) is -1.44. The maximum absolute atomic E-state index is 11.9. The van der Waals surface area contributed by atoms with Crippen LogP contribution >= 0.6 is 0 Å². The van der Waals surface area contributed by atoms with Gasteiger partial charge in [-0.05, 0) is 30.7 Å². The lowest BCUT2D eigenvalue weighted by Crippen LogP contribution is -2.25. The molecule has 0 aliphatic heterocycles. The highest BCUT2D eigenvalue weighted by Gasteiger charge is 2.12. The number of sulfone groups is 1. The first-order valence-electron chi connectivity index (χ1n) is 6.86. The Morgan fingerprint density at radius 1 is 1.10 bits per heavy atom. The van der Waals surface area contributed by atoms with Crippen molar-refractivity contribution in [2.45, 2.75) is 18.2 Å². The molecule has 1 aromatic carbocycles. The number of anilines is 1. The van der Waals surface area contributed by atoms with Crippen LogP contribution in [0.2, 0.25) is 0 Å². The van der Waals surface area contributed by atoms with Gasteiger partial charge in [-0.25, -0.2) is 8.42 Å². The number of nitrogens with one attached hydrogen (secondary N) is 2. The highest BCUT2D eigenvalue weighted by atomic mass is 32.2. The Kier molecular flexibility index (Phi) is 7.58. The van der Waals surface area contributed by atoms with Crippen LogP contribution in [0.25, 0.3) is 0 Å². The number of methoxy groups -OCH3 is 1. The lowest BCUT2D eigenvalue weighted by molar-refractivity contribution is 0.200. The van der Waals surface area contributed by atoms with Crippen LogP contribution < -0.4 is 10.6 Å². The van der Waals surface area contributed by atoms with Crippen molar-refractivity contribution in [3.8, 4) is 0 Å². The van der Waals surface area contributed by atoms with Crippen molar-refractivity contribution in [3.63, 3.8) is 0 Å². The fourth-order valence-electron chi connectivity index (χ4n) is 1.76. The van der Waals surface area contributed by atoms with E-state index in [4.69, 9.17) is 4.74 Å². The van der Waals surface area contributed by atoms with E-state index in [9.17, 15) is 8.42 Å². The fraction of sp³-hybridized carbons (Fsp3) is 0.571. The normalized spacial score (nSPS) is 11.5. The van der Waals surface area contributed by atoms with Crippen LogP contribution in [0.3, 0.4) is 0 Å². The summed E-state index contributed by atoms with van der Waals surface area (Å²) >= 11 is 0. The van der Waals surface area contributed by atoms with E-state index in [1.54, 1.807) is 31.4 Å². The van der Waals surface area contributed by atoms with Crippen molar-refractivity contribution < 1.29 is 13.2 Å². The SMILES string of the molecule is CCCS(=O)(=O)c1ccc(NCCNCCOC)cc1. The Labute approximate surface area is 121 Å². The fourth-order valence-corrected chi connectivity index (χ4v) is 3.09. The third-order valence-electron chi connectivity index (χ3n) is 2.80. The standard InChI is InChI=1S/C14H24N2O3S/c1-3-12-20(17,18)14-6-4-13(5-7-14)16-9-8-15-10-11-19-2/h4-7,15-16H,3,8-12H2,1-2H3. The molecule has 0 amide bonds. The molecule has 0 radical (unpaired) electrons. The molecule has 0 unspecified atom stereocenters. The molecule has 0 heterocycles. The molecule has 0 aromatic heterocycles. The first kappa shape index (κ1) is 16.9. The van der Waals surface area contributed by atoms with Crippen LogP contribution in [0, 0.1) is 0 Å². The first-order valence-corrected chi connectivity index (χ1v) is 8.51. The highest BCUT2D eigenvalue weighted by molar-refractivity contribution is 7.91. The Morgan fingerprint density at radius 3 is 2.40 bits per heavy atom. The highest BCUT2D eigenvalue weighted by Crippen LogP contribution is 2.15. The van der Waals surface area contributed by atoms with Gasteiger partial charge >= 0.3 is 0 Å². The molecule has 0 aliphatic rings. The summed E-state index contributed by atoms with van der Waals surface area (Å²) in [5.74, 6) is 0.198. The van der Waals surface area contributed by atoms with Crippen LogP contribution in [-0.4, -0.2) is 47.5 Å². The van der Waals surface area contributed by atoms with E-state index in [1.807, 2.05) is 6.92 Å². The number of ether oxygens (including phenoxy) is 1. The maximum Gasteiger partial charge on any atom is 0.178 e. The predicted molar refractivity (Wildman–Crippen MR) is 82.0 cm³/mol. The first-order chi connectivity index (χ1) is 9.60. The topological polar surface area (TPSA) is 67.4 Å². The van der Waals surface area contributed by atoms with Crippen LogP contribution in [0.4, 0.5) is 5.69 Å². The Morgan fingerprint density at radius 2 is 1.80 bits per heavy atom. The Hall–Kier alpha value is -1.11. The molecular formula is C14H24N2O3S. The van der Waals surface area contributed by atoms with E-state index in [0.29, 0.717) is 17.9 Å². The van der Waals surface area contributed by atoms with Gasteiger partial charge in [-0.1, -0.05) is 6.92 Å². The molecule has 0 saturated carbocycles. The van der Waals surface area contributed by atoms with Gasteiger partial charge in [-0.2, -0.15) is 0 Å². The summed E-state index contributed by atoms with van der Waals surface area (Å²) in [5, 5.41) is 6.46. The average molecular weight is 300 g/mol. The van der Waals surface area contributed by atoms with Gasteiger partial charge in [0.25, 0.3) is 0 Å². The van der Waals surface area contributed by atoms with Crippen LogP contribution in [-0.2, 0) is 14.6 Å². The molecule has 1 aromatic rings. The van der Waals surface area contributed by atoms with Gasteiger partial charge in [0, 0.05) is 32.4 Å². The lowest BCUT2D eigenvalue weighted by Gasteiger charge is -2.08. The summed E-state index contributed by atoms with van der Waals surface area (Å²) in [6.45, 7) is 5.00. The molecule has 0 fully saturated rings. The van der Waals surface area contributed by atoms with Crippen LogP contribution in [0.15, 0.2) is 29.2 Å². The van der Waals surface area contributed by atoms with Crippen LogP contribution in [0.5, 0.6) is 0 Å². The van der Waals surface area contributed by atoms with Crippen molar-refractivity contribution in [1.82, 2.24) is 5.32 Å². The number of benzene rings is 1. The molecule has 0 aliphatic carbocycles. The van der Waals surface area contributed by atoms with E-state index in [1.165, 1.54) is 0 Å².